The number of amides is 1. The van der Waals surface area contributed by atoms with E-state index in [1.165, 1.54) is 6.07 Å². The first-order valence-electron chi connectivity index (χ1n) is 9.29. The second-order valence-corrected chi connectivity index (χ2v) is 6.42. The first-order chi connectivity index (χ1) is 14.7. The molecule has 7 nitrogen and oxygen atoms in total. The Labute approximate surface area is 172 Å². The predicted octanol–water partition coefficient (Wildman–Crippen LogP) is 3.74. The lowest BCUT2D eigenvalue weighted by Gasteiger charge is -2.12. The van der Waals surface area contributed by atoms with Gasteiger partial charge in [-0.15, -0.1) is 0 Å². The Morgan fingerprint density at radius 3 is 2.53 bits per heavy atom. The number of carbonyl (C=O) groups excluding carboxylic acids is 1. The summed E-state index contributed by atoms with van der Waals surface area (Å²) in [6, 6.07) is 23.0. The van der Waals surface area contributed by atoms with Crippen molar-refractivity contribution in [1.29, 1.82) is 0 Å². The Bertz CT molecular complexity index is 1210. The molecule has 1 N–H and O–H groups in total. The first kappa shape index (κ1) is 19.1. The summed E-state index contributed by atoms with van der Waals surface area (Å²) in [7, 11) is 0. The van der Waals surface area contributed by atoms with E-state index in [0.717, 1.165) is 10.2 Å². The van der Waals surface area contributed by atoms with Crippen molar-refractivity contribution in [2.75, 3.05) is 5.32 Å². The molecule has 2 aromatic heterocycles. The lowest BCUT2D eigenvalue weighted by Crippen LogP contribution is -2.29. The second kappa shape index (κ2) is 8.83. The molecule has 30 heavy (non-hydrogen) atoms. The van der Waals surface area contributed by atoms with Crippen molar-refractivity contribution in [1.82, 2.24) is 14.8 Å². The Morgan fingerprint density at radius 2 is 1.73 bits per heavy atom. The van der Waals surface area contributed by atoms with Crippen LogP contribution in [0.5, 0.6) is 11.5 Å². The summed E-state index contributed by atoms with van der Waals surface area (Å²) in [4.78, 5) is 28.8. The van der Waals surface area contributed by atoms with Gasteiger partial charge in [0.15, 0.2) is 5.75 Å². The summed E-state index contributed by atoms with van der Waals surface area (Å²) < 4.78 is 6.98. The molecule has 0 bridgehead atoms. The Morgan fingerprint density at radius 1 is 0.933 bits per heavy atom. The molecule has 0 saturated heterocycles. The van der Waals surface area contributed by atoms with Crippen molar-refractivity contribution in [3.05, 3.63) is 102 Å². The van der Waals surface area contributed by atoms with Crippen LogP contribution in [0.25, 0.3) is 11.3 Å². The molecule has 4 rings (SSSR count). The van der Waals surface area contributed by atoms with Crippen molar-refractivity contribution in [3.63, 3.8) is 0 Å². The average molecular weight is 398 g/mol. The summed E-state index contributed by atoms with van der Waals surface area (Å²) in [5.74, 6) is 0.764. The van der Waals surface area contributed by atoms with Crippen molar-refractivity contribution in [2.45, 2.75) is 6.54 Å². The molecule has 0 radical (unpaired) electrons. The van der Waals surface area contributed by atoms with Crippen LogP contribution >= 0.6 is 0 Å². The zero-order valence-corrected chi connectivity index (χ0v) is 15.9. The van der Waals surface area contributed by atoms with Gasteiger partial charge < -0.3 is 10.1 Å². The number of carbonyl (C=O) groups is 1. The van der Waals surface area contributed by atoms with Gasteiger partial charge in [-0.2, -0.15) is 5.10 Å². The Kier molecular flexibility index (Phi) is 5.61. The van der Waals surface area contributed by atoms with Crippen LogP contribution in [-0.2, 0) is 11.3 Å². The highest BCUT2D eigenvalue weighted by atomic mass is 16.5. The maximum absolute atomic E-state index is 12.6. The maximum Gasteiger partial charge on any atom is 0.267 e. The highest BCUT2D eigenvalue weighted by Gasteiger charge is 2.11. The van der Waals surface area contributed by atoms with Crippen LogP contribution in [-0.4, -0.2) is 20.7 Å². The molecule has 2 heterocycles. The standard InChI is InChI=1S/C23H18N4O3/c28-22(16-27-23(29)13-12-19(26-27)17-7-6-14-24-15-17)25-20-10-4-5-11-21(20)30-18-8-2-1-3-9-18/h1-15H,16H2,(H,25,28). The molecule has 0 fully saturated rings. The molecule has 1 amide bonds. The number of nitrogens with one attached hydrogen (secondary N) is 1. The van der Waals surface area contributed by atoms with Crippen LogP contribution in [0.2, 0.25) is 0 Å². The van der Waals surface area contributed by atoms with Gasteiger partial charge in [-0.1, -0.05) is 30.3 Å². The Hall–Kier alpha value is -4.26. The van der Waals surface area contributed by atoms with Crippen molar-refractivity contribution in [3.8, 4) is 22.8 Å². The van der Waals surface area contributed by atoms with Gasteiger partial charge in [0.2, 0.25) is 5.91 Å². The lowest BCUT2D eigenvalue weighted by molar-refractivity contribution is -0.117. The number of hydrogen-bond donors (Lipinski definition) is 1. The summed E-state index contributed by atoms with van der Waals surface area (Å²) >= 11 is 0. The van der Waals surface area contributed by atoms with Crippen molar-refractivity contribution < 1.29 is 9.53 Å². The fraction of sp³-hybridized carbons (Fsp3) is 0.0435. The largest absolute Gasteiger partial charge is 0.455 e. The van der Waals surface area contributed by atoms with Crippen LogP contribution in [0.1, 0.15) is 0 Å². The number of nitrogens with zero attached hydrogens (tertiary/aromatic N) is 3. The van der Waals surface area contributed by atoms with E-state index in [2.05, 4.69) is 15.4 Å². The van der Waals surface area contributed by atoms with Gasteiger partial charge in [-0.05, 0) is 42.5 Å². The monoisotopic (exact) mass is 398 g/mol. The molecular formula is C23H18N4O3. The Balaban J connectivity index is 1.51. The molecule has 0 unspecified atom stereocenters. The van der Waals surface area contributed by atoms with Crippen LogP contribution in [0.15, 0.2) is 96.1 Å². The van der Waals surface area contributed by atoms with Gasteiger partial charge in [-0.25, -0.2) is 4.68 Å². The molecule has 0 atom stereocenters. The lowest BCUT2D eigenvalue weighted by atomic mass is 10.2. The number of para-hydroxylation sites is 3. The van der Waals surface area contributed by atoms with Crippen LogP contribution < -0.4 is 15.6 Å². The first-order valence-corrected chi connectivity index (χ1v) is 9.29. The molecule has 0 aliphatic carbocycles. The second-order valence-electron chi connectivity index (χ2n) is 6.42. The minimum Gasteiger partial charge on any atom is -0.455 e. The molecule has 2 aromatic carbocycles. The quantitative estimate of drug-likeness (QED) is 0.535. The molecule has 7 heteroatoms. The van der Waals surface area contributed by atoms with Gasteiger partial charge in [0, 0.05) is 24.0 Å². The summed E-state index contributed by atoms with van der Waals surface area (Å²) in [5, 5.41) is 7.08. The van der Waals surface area contributed by atoms with Crippen molar-refractivity contribution >= 4 is 11.6 Å². The number of benzene rings is 2. The van der Waals surface area contributed by atoms with E-state index in [-0.39, 0.29) is 12.1 Å². The van der Waals surface area contributed by atoms with Gasteiger partial charge in [0.05, 0.1) is 11.4 Å². The van der Waals surface area contributed by atoms with Crippen LogP contribution in [0, 0.1) is 0 Å². The van der Waals surface area contributed by atoms with E-state index >= 15 is 0 Å². The summed E-state index contributed by atoms with van der Waals surface area (Å²) in [5.41, 5.74) is 1.45. The SMILES string of the molecule is O=C(Cn1nc(-c2cccnc2)ccc1=O)Nc1ccccc1Oc1ccccc1. The predicted molar refractivity (Wildman–Crippen MR) is 113 cm³/mol. The topological polar surface area (TPSA) is 86.1 Å². The highest BCUT2D eigenvalue weighted by molar-refractivity contribution is 5.92. The minimum atomic E-state index is -0.392. The minimum absolute atomic E-state index is 0.230. The van der Waals surface area contributed by atoms with Crippen LogP contribution in [0.3, 0.4) is 0 Å². The van der Waals surface area contributed by atoms with Gasteiger partial charge >= 0.3 is 0 Å². The third-order valence-corrected chi connectivity index (χ3v) is 4.25. The molecular weight excluding hydrogens is 380 g/mol. The molecule has 0 saturated carbocycles. The summed E-state index contributed by atoms with van der Waals surface area (Å²) in [6.07, 6.45) is 3.30. The average Bonchev–Trinajstić information content (AvgIpc) is 2.78. The van der Waals surface area contributed by atoms with Gasteiger partial charge in [-0.3, -0.25) is 14.6 Å². The molecule has 0 spiro atoms. The number of anilines is 1. The fourth-order valence-electron chi connectivity index (χ4n) is 2.83. The summed E-state index contributed by atoms with van der Waals surface area (Å²) in [6.45, 7) is -0.230. The van der Waals surface area contributed by atoms with E-state index in [1.54, 1.807) is 42.7 Å². The van der Waals surface area contributed by atoms with E-state index in [9.17, 15) is 9.59 Å². The van der Waals surface area contributed by atoms with Gasteiger partial charge in [0.1, 0.15) is 12.3 Å². The van der Waals surface area contributed by atoms with Crippen molar-refractivity contribution in [2.24, 2.45) is 0 Å². The molecule has 0 aliphatic heterocycles. The molecule has 4 aromatic rings. The third kappa shape index (κ3) is 4.59. The van der Waals surface area contributed by atoms with E-state index < -0.39 is 5.91 Å². The van der Waals surface area contributed by atoms with Crippen LogP contribution in [0.4, 0.5) is 5.69 Å². The third-order valence-electron chi connectivity index (χ3n) is 4.25. The highest BCUT2D eigenvalue weighted by Crippen LogP contribution is 2.29. The smallest absolute Gasteiger partial charge is 0.267 e. The molecule has 0 aliphatic rings. The zero-order chi connectivity index (χ0) is 20.8. The van der Waals surface area contributed by atoms with E-state index in [4.69, 9.17) is 4.74 Å². The van der Waals surface area contributed by atoms with Gasteiger partial charge in [0.25, 0.3) is 5.56 Å². The number of aromatic nitrogens is 3. The number of rotatable bonds is 6. The van der Waals surface area contributed by atoms with E-state index in [0.29, 0.717) is 22.9 Å². The number of ether oxygens (including phenoxy) is 1. The number of pyridine rings is 1. The maximum atomic E-state index is 12.6. The fourth-order valence-corrected chi connectivity index (χ4v) is 2.83. The van der Waals surface area contributed by atoms with E-state index in [1.807, 2.05) is 42.5 Å². The zero-order valence-electron chi connectivity index (χ0n) is 15.9. The normalized spacial score (nSPS) is 10.4. The number of hydrogen-bond acceptors (Lipinski definition) is 5. The molecule has 148 valence electrons.